The smallest absolute Gasteiger partial charge is 0.343 e. The average molecular weight is 476 g/mol. The second-order valence-electron chi connectivity index (χ2n) is 8.17. The third-order valence-electron chi connectivity index (χ3n) is 5.47. The maximum absolute atomic E-state index is 12.5. The fourth-order valence-electron chi connectivity index (χ4n) is 3.50. The summed E-state index contributed by atoms with van der Waals surface area (Å²) in [7, 11) is -3.38. The van der Waals surface area contributed by atoms with E-state index in [4.69, 9.17) is 4.74 Å². The Labute approximate surface area is 196 Å². The van der Waals surface area contributed by atoms with Crippen LogP contribution in [0.4, 0.5) is 5.69 Å². The summed E-state index contributed by atoms with van der Waals surface area (Å²) < 4.78 is 30.3. The van der Waals surface area contributed by atoms with Gasteiger partial charge >= 0.3 is 5.97 Å². The second kappa shape index (κ2) is 13.7. The fraction of sp³-hybridized carbons (Fsp3) is 0.480. The Hall–Kier alpha value is -2.74. The van der Waals surface area contributed by atoms with Gasteiger partial charge in [0.2, 0.25) is 0 Å². The number of nitro benzene ring substituents is 1. The van der Waals surface area contributed by atoms with Crippen molar-refractivity contribution in [2.45, 2.75) is 76.0 Å². The van der Waals surface area contributed by atoms with Crippen LogP contribution in [0.5, 0.6) is 5.75 Å². The molecule has 2 aromatic rings. The molecule has 0 amide bonds. The summed E-state index contributed by atoms with van der Waals surface area (Å²) in [5.74, 6) is -0.368. The van der Waals surface area contributed by atoms with Crippen molar-refractivity contribution in [3.63, 3.8) is 0 Å². The molecule has 0 heterocycles. The van der Waals surface area contributed by atoms with Crippen LogP contribution in [0.15, 0.2) is 53.4 Å². The molecule has 0 aromatic heterocycles. The molecule has 0 atom stereocenters. The lowest BCUT2D eigenvalue weighted by Gasteiger charge is -2.07. The topological polar surface area (TPSA) is 104 Å². The average Bonchev–Trinajstić information content (AvgIpc) is 2.80. The largest absolute Gasteiger partial charge is 0.423 e. The summed E-state index contributed by atoms with van der Waals surface area (Å²) in [6, 6.07) is 10.8. The van der Waals surface area contributed by atoms with Gasteiger partial charge in [-0.2, -0.15) is 0 Å². The van der Waals surface area contributed by atoms with E-state index in [1.54, 1.807) is 0 Å². The number of nitrogens with zero attached hydrogens (tertiary/aromatic N) is 1. The normalized spacial score (nSPS) is 11.3. The van der Waals surface area contributed by atoms with E-state index in [0.717, 1.165) is 19.3 Å². The predicted molar refractivity (Wildman–Crippen MR) is 128 cm³/mol. The monoisotopic (exact) mass is 475 g/mol. The first kappa shape index (κ1) is 26.5. The molecule has 0 aliphatic carbocycles. The zero-order chi connectivity index (χ0) is 24.1. The third-order valence-corrected chi connectivity index (χ3v) is 7.29. The van der Waals surface area contributed by atoms with Crippen LogP contribution in [-0.2, 0) is 9.84 Å². The van der Waals surface area contributed by atoms with Gasteiger partial charge < -0.3 is 4.74 Å². The number of rotatable bonds is 15. The molecule has 2 aromatic carbocycles. The number of nitro groups is 1. The van der Waals surface area contributed by atoms with Crippen LogP contribution < -0.4 is 4.74 Å². The number of carbonyl (C=O) groups excluding carboxylic acids is 1. The lowest BCUT2D eigenvalue weighted by atomic mass is 10.1. The van der Waals surface area contributed by atoms with Gasteiger partial charge in [0.05, 0.1) is 21.1 Å². The number of hydrogen-bond donors (Lipinski definition) is 0. The number of carbonyl (C=O) groups is 1. The summed E-state index contributed by atoms with van der Waals surface area (Å²) in [6.45, 7) is 2.21. The molecular formula is C25H33NO6S. The highest BCUT2D eigenvalue weighted by Gasteiger charge is 2.15. The molecule has 33 heavy (non-hydrogen) atoms. The second-order valence-corrected chi connectivity index (χ2v) is 10.3. The van der Waals surface area contributed by atoms with E-state index in [1.165, 1.54) is 87.1 Å². The van der Waals surface area contributed by atoms with Crippen LogP contribution in [0, 0.1) is 10.1 Å². The molecule has 2 rings (SSSR count). The Balaban J connectivity index is 1.75. The van der Waals surface area contributed by atoms with Crippen molar-refractivity contribution in [3.05, 3.63) is 64.2 Å². The fourth-order valence-corrected chi connectivity index (χ4v) is 4.87. The van der Waals surface area contributed by atoms with E-state index in [-0.39, 0.29) is 27.6 Å². The predicted octanol–water partition coefficient (Wildman–Crippen LogP) is 6.51. The molecular weight excluding hydrogens is 442 g/mol. The molecule has 7 nitrogen and oxygen atoms in total. The van der Waals surface area contributed by atoms with Crippen molar-refractivity contribution in [2.24, 2.45) is 0 Å². The lowest BCUT2D eigenvalue weighted by molar-refractivity contribution is -0.384. The van der Waals surface area contributed by atoms with Crippen LogP contribution in [-0.4, -0.2) is 25.1 Å². The van der Waals surface area contributed by atoms with Gasteiger partial charge in [-0.3, -0.25) is 10.1 Å². The van der Waals surface area contributed by atoms with Gasteiger partial charge in [0.25, 0.3) is 5.69 Å². The molecule has 180 valence electrons. The summed E-state index contributed by atoms with van der Waals surface area (Å²) in [4.78, 5) is 22.5. The zero-order valence-electron chi connectivity index (χ0n) is 19.2. The van der Waals surface area contributed by atoms with Crippen molar-refractivity contribution in [2.75, 3.05) is 5.75 Å². The quantitative estimate of drug-likeness (QED) is 0.0956. The van der Waals surface area contributed by atoms with Crippen LogP contribution in [0.2, 0.25) is 0 Å². The number of ether oxygens (including phenoxy) is 1. The van der Waals surface area contributed by atoms with Gasteiger partial charge in [0.15, 0.2) is 9.84 Å². The number of sulfone groups is 1. The van der Waals surface area contributed by atoms with Gasteiger partial charge in [-0.1, -0.05) is 64.7 Å². The van der Waals surface area contributed by atoms with Crippen LogP contribution >= 0.6 is 0 Å². The number of non-ortho nitro benzene ring substituents is 1. The number of unbranched alkanes of at least 4 members (excludes halogenated alkanes) is 9. The van der Waals surface area contributed by atoms with E-state index in [2.05, 4.69) is 6.92 Å². The van der Waals surface area contributed by atoms with Crippen LogP contribution in [0.3, 0.4) is 0 Å². The minimum atomic E-state index is -3.38. The van der Waals surface area contributed by atoms with Crippen molar-refractivity contribution >= 4 is 21.5 Å². The summed E-state index contributed by atoms with van der Waals surface area (Å²) in [5.41, 5.74) is 0.0433. The van der Waals surface area contributed by atoms with Crippen molar-refractivity contribution in [1.82, 2.24) is 0 Å². The number of esters is 1. The highest BCUT2D eigenvalue weighted by Crippen LogP contribution is 2.20. The Bertz CT molecular complexity index is 985. The first-order valence-electron chi connectivity index (χ1n) is 11.6. The van der Waals surface area contributed by atoms with Crippen molar-refractivity contribution in [3.8, 4) is 5.75 Å². The van der Waals surface area contributed by atoms with Crippen molar-refractivity contribution in [1.29, 1.82) is 0 Å². The molecule has 0 saturated heterocycles. The van der Waals surface area contributed by atoms with Gasteiger partial charge in [0, 0.05) is 12.1 Å². The molecule has 0 fully saturated rings. The van der Waals surface area contributed by atoms with Gasteiger partial charge in [0.1, 0.15) is 5.75 Å². The third kappa shape index (κ3) is 9.34. The zero-order valence-corrected chi connectivity index (χ0v) is 20.0. The molecule has 8 heteroatoms. The molecule has 0 saturated carbocycles. The lowest BCUT2D eigenvalue weighted by Crippen LogP contribution is -2.09. The Morgan fingerprint density at radius 2 is 1.33 bits per heavy atom. The first-order chi connectivity index (χ1) is 15.8. The molecule has 0 radical (unpaired) electrons. The number of benzene rings is 2. The van der Waals surface area contributed by atoms with Crippen LogP contribution in [0.1, 0.15) is 81.5 Å². The van der Waals surface area contributed by atoms with Gasteiger partial charge in [-0.15, -0.1) is 0 Å². The molecule has 0 unspecified atom stereocenters. The molecule has 0 aliphatic rings. The minimum Gasteiger partial charge on any atom is -0.423 e. The Morgan fingerprint density at radius 1 is 0.818 bits per heavy atom. The van der Waals surface area contributed by atoms with E-state index in [0.29, 0.717) is 6.42 Å². The van der Waals surface area contributed by atoms with E-state index < -0.39 is 20.7 Å². The first-order valence-corrected chi connectivity index (χ1v) is 13.3. The van der Waals surface area contributed by atoms with E-state index in [9.17, 15) is 23.3 Å². The summed E-state index contributed by atoms with van der Waals surface area (Å²) in [5, 5.41) is 10.7. The highest BCUT2D eigenvalue weighted by molar-refractivity contribution is 7.91. The van der Waals surface area contributed by atoms with E-state index in [1.807, 2.05) is 0 Å². The van der Waals surface area contributed by atoms with Crippen molar-refractivity contribution < 1.29 is 22.9 Å². The maximum atomic E-state index is 12.5. The van der Waals surface area contributed by atoms with E-state index >= 15 is 0 Å². The molecule has 0 N–H and O–H groups in total. The molecule has 0 aliphatic heterocycles. The van der Waals surface area contributed by atoms with Gasteiger partial charge in [-0.05, 0) is 42.8 Å². The SMILES string of the molecule is CCCCCCCCCCCCS(=O)(=O)c1ccc(OC(=O)c2ccc([N+](=O)[O-])cc2)cc1. The molecule has 0 spiro atoms. The standard InChI is InChI=1S/C25H33NO6S/c1-2-3-4-5-6-7-8-9-10-11-20-33(30,31)24-18-16-23(17-19-24)32-25(27)21-12-14-22(15-13-21)26(28)29/h12-19H,2-11,20H2,1H3. The Kier molecular flexibility index (Phi) is 11.0. The number of hydrogen-bond acceptors (Lipinski definition) is 6. The highest BCUT2D eigenvalue weighted by atomic mass is 32.2. The summed E-state index contributed by atoms with van der Waals surface area (Å²) in [6.07, 6.45) is 11.4. The van der Waals surface area contributed by atoms with Gasteiger partial charge in [-0.25, -0.2) is 13.2 Å². The Morgan fingerprint density at radius 3 is 1.85 bits per heavy atom. The van der Waals surface area contributed by atoms with Crippen LogP contribution in [0.25, 0.3) is 0 Å². The summed E-state index contributed by atoms with van der Waals surface area (Å²) >= 11 is 0. The maximum Gasteiger partial charge on any atom is 0.343 e. The molecule has 0 bridgehead atoms. The minimum absolute atomic E-state index is 0.103.